The van der Waals surface area contributed by atoms with E-state index in [1.807, 2.05) is 19.2 Å². The van der Waals surface area contributed by atoms with Crippen molar-refractivity contribution in [3.8, 4) is 17.3 Å². The van der Waals surface area contributed by atoms with E-state index in [0.29, 0.717) is 41.0 Å². The van der Waals surface area contributed by atoms with Crippen LogP contribution in [-0.2, 0) is 24.8 Å². The molecule has 8 heteroatoms. The fourth-order valence-corrected chi connectivity index (χ4v) is 7.78. The van der Waals surface area contributed by atoms with Gasteiger partial charge in [0.25, 0.3) is 5.91 Å². The third kappa shape index (κ3) is 4.17. The Morgan fingerprint density at radius 2 is 1.95 bits per heavy atom. The number of likely N-dealkylation sites (tertiary alicyclic amines) is 1. The van der Waals surface area contributed by atoms with Crippen LogP contribution in [0.2, 0.25) is 0 Å². The summed E-state index contributed by atoms with van der Waals surface area (Å²) >= 11 is 0. The van der Waals surface area contributed by atoms with Gasteiger partial charge < -0.3 is 23.5 Å². The molecule has 4 fully saturated rings. The molecule has 2 bridgehead atoms. The number of carbonyl (C=O) groups is 1. The van der Waals surface area contributed by atoms with Crippen LogP contribution in [0.1, 0.15) is 55.1 Å². The molecule has 1 amide bonds. The van der Waals surface area contributed by atoms with Crippen LogP contribution in [0, 0.1) is 23.7 Å². The van der Waals surface area contributed by atoms with Gasteiger partial charge in [-0.1, -0.05) is 6.92 Å². The van der Waals surface area contributed by atoms with Crippen LogP contribution in [0.25, 0.3) is 33.6 Å². The van der Waals surface area contributed by atoms with Crippen LogP contribution in [-0.4, -0.2) is 62.8 Å². The number of rotatable bonds is 7. The third-order valence-electron chi connectivity index (χ3n) is 10.4. The van der Waals surface area contributed by atoms with Gasteiger partial charge in [0.05, 0.1) is 18.3 Å². The number of hydrogen-bond acceptors (Lipinski definition) is 5. The number of aryl methyl sites for hydroxylation is 1. The highest BCUT2D eigenvalue weighted by Crippen LogP contribution is 2.43. The molecular formula is C33H39N5O3. The van der Waals surface area contributed by atoms with Crippen molar-refractivity contribution < 1.29 is 14.3 Å². The Morgan fingerprint density at radius 1 is 1.07 bits per heavy atom. The van der Waals surface area contributed by atoms with Gasteiger partial charge in [0, 0.05) is 56.0 Å². The molecule has 2 aliphatic carbocycles. The lowest BCUT2D eigenvalue weighted by Gasteiger charge is -2.27. The molecule has 1 aromatic carbocycles. The Labute approximate surface area is 240 Å². The summed E-state index contributed by atoms with van der Waals surface area (Å²) in [4.78, 5) is 26.2. The second-order valence-electron chi connectivity index (χ2n) is 13.0. The Hall–Kier alpha value is -3.39. The molecule has 2 aliphatic heterocycles. The van der Waals surface area contributed by atoms with E-state index in [0.717, 1.165) is 84.8 Å². The van der Waals surface area contributed by atoms with Gasteiger partial charge >= 0.3 is 0 Å². The van der Waals surface area contributed by atoms with Gasteiger partial charge in [-0.05, 0) is 92.5 Å². The minimum Gasteiger partial charge on any atom is -0.494 e. The maximum Gasteiger partial charge on any atom is 0.254 e. The lowest BCUT2D eigenvalue weighted by Crippen LogP contribution is -2.38. The van der Waals surface area contributed by atoms with Crippen molar-refractivity contribution in [2.24, 2.45) is 30.7 Å². The van der Waals surface area contributed by atoms with Crippen LogP contribution in [0.4, 0.5) is 0 Å². The summed E-state index contributed by atoms with van der Waals surface area (Å²) < 4.78 is 16.0. The molecule has 0 N–H and O–H groups in total. The van der Waals surface area contributed by atoms with Crippen LogP contribution in [0.5, 0.6) is 5.75 Å². The lowest BCUT2D eigenvalue weighted by molar-refractivity contribution is 0.0696. The molecule has 2 saturated heterocycles. The van der Waals surface area contributed by atoms with Crippen LogP contribution >= 0.6 is 0 Å². The predicted octanol–water partition coefficient (Wildman–Crippen LogP) is 5.46. The van der Waals surface area contributed by atoms with Crippen molar-refractivity contribution >= 4 is 28.0 Å². The highest BCUT2D eigenvalue weighted by molar-refractivity contribution is 6.00. The average molecular weight is 554 g/mol. The number of aromatic nitrogens is 4. The fourth-order valence-electron chi connectivity index (χ4n) is 7.78. The first-order valence-corrected chi connectivity index (χ1v) is 15.4. The van der Waals surface area contributed by atoms with E-state index < -0.39 is 0 Å². The largest absolute Gasteiger partial charge is 0.494 e. The minimum atomic E-state index is 0.101. The molecule has 8 nitrogen and oxygen atoms in total. The monoisotopic (exact) mass is 553 g/mol. The smallest absolute Gasteiger partial charge is 0.254 e. The first-order chi connectivity index (χ1) is 20.0. The molecule has 3 unspecified atom stereocenters. The second kappa shape index (κ2) is 9.58. The van der Waals surface area contributed by atoms with Gasteiger partial charge in [-0.2, -0.15) is 0 Å². The first-order valence-electron chi connectivity index (χ1n) is 15.4. The van der Waals surface area contributed by atoms with E-state index in [1.54, 1.807) is 7.11 Å². The Bertz CT molecular complexity index is 1660. The zero-order valence-corrected chi connectivity index (χ0v) is 24.3. The van der Waals surface area contributed by atoms with E-state index in [2.05, 4.69) is 39.2 Å². The molecule has 5 heterocycles. The van der Waals surface area contributed by atoms with Crippen LogP contribution < -0.4 is 4.74 Å². The van der Waals surface area contributed by atoms with Crippen molar-refractivity contribution in [1.29, 1.82) is 0 Å². The Kier molecular flexibility index (Phi) is 5.92. The van der Waals surface area contributed by atoms with Crippen LogP contribution in [0.15, 0.2) is 30.3 Å². The van der Waals surface area contributed by atoms with Crippen molar-refractivity contribution in [3.63, 3.8) is 0 Å². The average Bonchev–Trinajstić information content (AvgIpc) is 3.31. The molecule has 4 atom stereocenters. The van der Waals surface area contributed by atoms with E-state index in [9.17, 15) is 4.79 Å². The van der Waals surface area contributed by atoms with E-state index in [-0.39, 0.29) is 5.91 Å². The second-order valence-corrected chi connectivity index (χ2v) is 13.0. The molecule has 8 rings (SSSR count). The normalized spacial score (nSPS) is 25.7. The number of hydrogen-bond donors (Lipinski definition) is 0. The number of ether oxygens (including phenoxy) is 2. The van der Waals surface area contributed by atoms with Crippen LogP contribution in [0.3, 0.4) is 0 Å². The lowest BCUT2D eigenvalue weighted by atomic mass is 10.0. The number of amides is 1. The van der Waals surface area contributed by atoms with Gasteiger partial charge in [-0.25, -0.2) is 9.97 Å². The number of methoxy groups -OCH3 is 1. The van der Waals surface area contributed by atoms with Gasteiger partial charge in [-0.3, -0.25) is 4.79 Å². The molecule has 0 spiro atoms. The number of fused-ring (bicyclic) bond motifs is 4. The van der Waals surface area contributed by atoms with Crippen molar-refractivity contribution in [2.45, 2.75) is 58.0 Å². The third-order valence-corrected chi connectivity index (χ3v) is 10.4. The SMILES string of the molecule is COc1cc(C(=O)N2CC3CCC2[C@@H]3C)cc2nc(-c3cc4ccc(CC5CCOC5)nc4n3CC3CC3)n(C)c12. The highest BCUT2D eigenvalue weighted by Gasteiger charge is 2.46. The molecule has 41 heavy (non-hydrogen) atoms. The summed E-state index contributed by atoms with van der Waals surface area (Å²) in [6, 6.07) is 10.8. The zero-order chi connectivity index (χ0) is 27.8. The number of benzene rings is 1. The summed E-state index contributed by atoms with van der Waals surface area (Å²) in [7, 11) is 3.73. The van der Waals surface area contributed by atoms with Crippen molar-refractivity contribution in [1.82, 2.24) is 24.0 Å². The number of nitrogens with zero attached hydrogens (tertiary/aromatic N) is 5. The molecule has 3 aromatic heterocycles. The van der Waals surface area contributed by atoms with Gasteiger partial charge in [0.2, 0.25) is 0 Å². The van der Waals surface area contributed by atoms with Gasteiger partial charge in [-0.15, -0.1) is 0 Å². The topological polar surface area (TPSA) is 74.4 Å². The Morgan fingerprint density at radius 3 is 2.66 bits per heavy atom. The van der Waals surface area contributed by atoms with Crippen molar-refractivity contribution in [3.05, 3.63) is 41.6 Å². The summed E-state index contributed by atoms with van der Waals surface area (Å²) in [6.07, 6.45) is 6.94. The maximum absolute atomic E-state index is 13.7. The maximum atomic E-state index is 13.7. The molecule has 2 saturated carbocycles. The molecule has 214 valence electrons. The predicted molar refractivity (Wildman–Crippen MR) is 158 cm³/mol. The summed E-state index contributed by atoms with van der Waals surface area (Å²) in [6.45, 7) is 5.80. The van der Waals surface area contributed by atoms with Gasteiger partial charge in [0.15, 0.2) is 5.82 Å². The van der Waals surface area contributed by atoms with E-state index in [4.69, 9.17) is 19.4 Å². The number of pyridine rings is 1. The van der Waals surface area contributed by atoms with Crippen molar-refractivity contribution in [2.75, 3.05) is 26.9 Å². The fraction of sp³-hybridized carbons (Fsp3) is 0.545. The molecular weight excluding hydrogens is 514 g/mol. The van der Waals surface area contributed by atoms with Gasteiger partial charge in [0.1, 0.15) is 16.9 Å². The minimum absolute atomic E-state index is 0.101. The van der Waals surface area contributed by atoms with E-state index in [1.165, 1.54) is 19.3 Å². The zero-order valence-electron chi connectivity index (χ0n) is 24.3. The Balaban J connectivity index is 1.21. The quantitative estimate of drug-likeness (QED) is 0.304. The highest BCUT2D eigenvalue weighted by atomic mass is 16.5. The summed E-state index contributed by atoms with van der Waals surface area (Å²) in [5.74, 6) is 4.11. The number of imidazole rings is 1. The molecule has 0 radical (unpaired) electrons. The standard InChI is InChI=1S/C33H39N5O3/c1-19-23-7-9-27(19)38(17-23)33(39)24-13-26-30(29(15-24)40-3)36(2)32(35-26)28-14-22-6-8-25(12-21-10-11-41-18-21)34-31(22)37(28)16-20-4-5-20/h6,8,13-15,19-21,23,27H,4-5,7,9-12,16-18H2,1-3H3/t19-,21?,23?,27?/m1/s1. The summed E-state index contributed by atoms with van der Waals surface area (Å²) in [5.41, 5.74) is 5.61. The first kappa shape index (κ1) is 25.3. The van der Waals surface area contributed by atoms with E-state index >= 15 is 0 Å². The number of piperidine rings is 1. The number of carbonyl (C=O) groups excluding carboxylic acids is 1. The molecule has 4 aliphatic rings. The summed E-state index contributed by atoms with van der Waals surface area (Å²) in [5, 5.41) is 1.14. The molecule has 4 aromatic rings.